The first kappa shape index (κ1) is 11.4. The molecular weight excluding hydrogens is 259 g/mol. The third-order valence-corrected chi connectivity index (χ3v) is 7.68. The molecule has 1 nitrogen and oxygen atoms in total. The topological polar surface area (TPSA) is 20.2 Å². The van der Waals surface area contributed by atoms with Gasteiger partial charge in [-0.05, 0) is 0 Å². The van der Waals surface area contributed by atoms with Gasteiger partial charge in [-0.25, -0.2) is 0 Å². The van der Waals surface area contributed by atoms with E-state index in [2.05, 4.69) is 48.5 Å². The SMILES string of the molecule is OCC[As](c1ccccc1)c1ccccc1. The van der Waals surface area contributed by atoms with Gasteiger partial charge in [0.1, 0.15) is 0 Å². The Hall–Kier alpha value is -1.04. The summed E-state index contributed by atoms with van der Waals surface area (Å²) in [5.41, 5.74) is 0. The molecule has 2 rings (SSSR count). The molecule has 0 fully saturated rings. The van der Waals surface area contributed by atoms with Crippen molar-refractivity contribution in [1.29, 1.82) is 0 Å². The van der Waals surface area contributed by atoms with Crippen molar-refractivity contribution >= 4 is 23.4 Å². The Morgan fingerprint density at radius 3 is 1.56 bits per heavy atom. The van der Waals surface area contributed by atoms with E-state index in [-0.39, 0.29) is 6.61 Å². The van der Waals surface area contributed by atoms with Crippen LogP contribution in [0, 0.1) is 0 Å². The van der Waals surface area contributed by atoms with Gasteiger partial charge in [0.25, 0.3) is 0 Å². The van der Waals surface area contributed by atoms with Gasteiger partial charge in [0.2, 0.25) is 0 Å². The summed E-state index contributed by atoms with van der Waals surface area (Å²) in [4.78, 5) is 0. The third-order valence-electron chi connectivity index (χ3n) is 2.46. The Morgan fingerprint density at radius 1 is 0.750 bits per heavy atom. The van der Waals surface area contributed by atoms with Gasteiger partial charge in [-0.1, -0.05) is 0 Å². The van der Waals surface area contributed by atoms with Crippen LogP contribution < -0.4 is 8.70 Å². The normalized spacial score (nSPS) is 10.6. The van der Waals surface area contributed by atoms with E-state index in [1.54, 1.807) is 0 Å². The molecule has 2 aromatic rings. The maximum atomic E-state index is 9.20. The average molecular weight is 274 g/mol. The van der Waals surface area contributed by atoms with Crippen molar-refractivity contribution in [1.82, 2.24) is 0 Å². The molecule has 0 heterocycles. The summed E-state index contributed by atoms with van der Waals surface area (Å²) in [6.45, 7) is 0.282. The summed E-state index contributed by atoms with van der Waals surface area (Å²) in [5, 5.41) is 10.1. The Bertz CT molecular complexity index is 374. The zero-order chi connectivity index (χ0) is 11.2. The first-order valence-corrected chi connectivity index (χ1v) is 8.60. The minimum absolute atomic E-state index is 0.282. The summed E-state index contributed by atoms with van der Waals surface area (Å²) in [6, 6.07) is 21.1. The van der Waals surface area contributed by atoms with E-state index < -0.39 is 14.7 Å². The van der Waals surface area contributed by atoms with Gasteiger partial charge < -0.3 is 0 Å². The van der Waals surface area contributed by atoms with E-state index in [1.165, 1.54) is 8.70 Å². The molecule has 0 saturated heterocycles. The second kappa shape index (κ2) is 5.88. The standard InChI is InChI=1S/C14H15AsO/c16-12-11-15(13-7-3-1-4-8-13)14-9-5-2-6-10-14/h1-10,16H,11-12H2. The van der Waals surface area contributed by atoms with Crippen LogP contribution in [0.15, 0.2) is 60.7 Å². The van der Waals surface area contributed by atoms with E-state index >= 15 is 0 Å². The van der Waals surface area contributed by atoms with Crippen molar-refractivity contribution in [2.24, 2.45) is 0 Å². The molecule has 0 unspecified atom stereocenters. The number of rotatable bonds is 4. The molecule has 0 amide bonds. The quantitative estimate of drug-likeness (QED) is 0.833. The van der Waals surface area contributed by atoms with Crippen molar-refractivity contribution in [3.63, 3.8) is 0 Å². The predicted molar refractivity (Wildman–Crippen MR) is 69.8 cm³/mol. The van der Waals surface area contributed by atoms with E-state index in [9.17, 15) is 5.11 Å². The Balaban J connectivity index is 2.31. The minimum atomic E-state index is -1.28. The molecule has 82 valence electrons. The number of aliphatic hydroxyl groups excluding tert-OH is 1. The molecule has 0 spiro atoms. The fourth-order valence-electron chi connectivity index (χ4n) is 1.72. The van der Waals surface area contributed by atoms with E-state index in [0.29, 0.717) is 0 Å². The molecule has 0 atom stereocenters. The van der Waals surface area contributed by atoms with Crippen LogP contribution >= 0.6 is 0 Å². The van der Waals surface area contributed by atoms with Crippen molar-refractivity contribution in [2.75, 3.05) is 6.61 Å². The van der Waals surface area contributed by atoms with Gasteiger partial charge in [-0.15, -0.1) is 0 Å². The summed E-state index contributed by atoms with van der Waals surface area (Å²) in [6.07, 6.45) is 0. The summed E-state index contributed by atoms with van der Waals surface area (Å²) in [7, 11) is 0. The van der Waals surface area contributed by atoms with Crippen LogP contribution in [0.3, 0.4) is 0 Å². The first-order chi connectivity index (χ1) is 7.92. The molecule has 0 aliphatic rings. The fourth-order valence-corrected chi connectivity index (χ4v) is 6.08. The van der Waals surface area contributed by atoms with Gasteiger partial charge in [0.15, 0.2) is 0 Å². The Labute approximate surface area is 101 Å². The van der Waals surface area contributed by atoms with E-state index in [0.717, 1.165) is 5.21 Å². The molecule has 0 saturated carbocycles. The van der Waals surface area contributed by atoms with Gasteiger partial charge in [0.05, 0.1) is 0 Å². The number of hydrogen-bond acceptors (Lipinski definition) is 1. The zero-order valence-corrected chi connectivity index (χ0v) is 11.0. The molecule has 1 N–H and O–H groups in total. The van der Waals surface area contributed by atoms with Crippen molar-refractivity contribution in [2.45, 2.75) is 5.21 Å². The zero-order valence-electron chi connectivity index (χ0n) is 9.08. The number of hydrogen-bond donors (Lipinski definition) is 1. The van der Waals surface area contributed by atoms with Crippen LogP contribution in [0.5, 0.6) is 0 Å². The molecule has 2 heteroatoms. The van der Waals surface area contributed by atoms with Crippen LogP contribution in [0.25, 0.3) is 0 Å². The summed E-state index contributed by atoms with van der Waals surface area (Å²) < 4.78 is 2.82. The summed E-state index contributed by atoms with van der Waals surface area (Å²) >= 11 is -1.28. The predicted octanol–water partition coefficient (Wildman–Crippen LogP) is 1.29. The fraction of sp³-hybridized carbons (Fsp3) is 0.143. The van der Waals surface area contributed by atoms with Crippen LogP contribution in [0.2, 0.25) is 5.21 Å². The molecule has 0 radical (unpaired) electrons. The van der Waals surface area contributed by atoms with Gasteiger partial charge >= 0.3 is 101 Å². The van der Waals surface area contributed by atoms with Crippen molar-refractivity contribution in [3.05, 3.63) is 60.7 Å². The monoisotopic (exact) mass is 274 g/mol. The molecule has 2 aromatic carbocycles. The van der Waals surface area contributed by atoms with Crippen LogP contribution in [0.4, 0.5) is 0 Å². The van der Waals surface area contributed by atoms with E-state index in [1.807, 2.05) is 12.1 Å². The maximum absolute atomic E-state index is 9.20. The Kier molecular flexibility index (Phi) is 4.21. The van der Waals surface area contributed by atoms with Gasteiger partial charge in [-0.3, -0.25) is 0 Å². The second-order valence-electron chi connectivity index (χ2n) is 3.55. The van der Waals surface area contributed by atoms with E-state index in [4.69, 9.17) is 0 Å². The van der Waals surface area contributed by atoms with Crippen LogP contribution in [0.1, 0.15) is 0 Å². The molecule has 0 aliphatic heterocycles. The van der Waals surface area contributed by atoms with Crippen LogP contribution in [-0.4, -0.2) is 26.4 Å². The Morgan fingerprint density at radius 2 is 1.19 bits per heavy atom. The first-order valence-electron chi connectivity index (χ1n) is 5.40. The number of benzene rings is 2. The molecule has 0 aliphatic carbocycles. The van der Waals surface area contributed by atoms with Crippen LogP contribution in [-0.2, 0) is 0 Å². The van der Waals surface area contributed by atoms with Gasteiger partial charge in [0, 0.05) is 0 Å². The summed E-state index contributed by atoms with van der Waals surface area (Å²) in [5.74, 6) is 0. The molecule has 0 bridgehead atoms. The van der Waals surface area contributed by atoms with Crippen molar-refractivity contribution in [3.8, 4) is 0 Å². The molecule has 16 heavy (non-hydrogen) atoms. The third kappa shape index (κ3) is 2.75. The molecular formula is C14H15AsO. The van der Waals surface area contributed by atoms with Crippen molar-refractivity contribution < 1.29 is 5.11 Å². The average Bonchev–Trinajstić information content (AvgIpc) is 2.38. The molecule has 0 aromatic heterocycles. The number of aliphatic hydroxyl groups is 1. The second-order valence-corrected chi connectivity index (χ2v) is 8.45. The van der Waals surface area contributed by atoms with Gasteiger partial charge in [-0.2, -0.15) is 0 Å².